The Bertz CT molecular complexity index is 595. The van der Waals surface area contributed by atoms with Gasteiger partial charge in [-0.05, 0) is 36.1 Å². The lowest BCUT2D eigenvalue weighted by molar-refractivity contribution is 0.0951. The Morgan fingerprint density at radius 1 is 1.15 bits per heavy atom. The van der Waals surface area contributed by atoms with Gasteiger partial charge in [0.15, 0.2) is 0 Å². The minimum atomic E-state index is -0.0217. The molecule has 104 valence electrons. The highest BCUT2D eigenvalue weighted by Crippen LogP contribution is 2.19. The van der Waals surface area contributed by atoms with E-state index in [9.17, 15) is 4.79 Å². The largest absolute Gasteiger partial charge is 0.351 e. The third kappa shape index (κ3) is 3.48. The molecule has 0 heterocycles. The van der Waals surface area contributed by atoms with Crippen molar-refractivity contribution in [2.24, 2.45) is 0 Å². The van der Waals surface area contributed by atoms with Gasteiger partial charge in [-0.2, -0.15) is 0 Å². The summed E-state index contributed by atoms with van der Waals surface area (Å²) in [5, 5.41) is 3.01. The van der Waals surface area contributed by atoms with Gasteiger partial charge in [-0.15, -0.1) is 0 Å². The van der Waals surface area contributed by atoms with Crippen LogP contribution in [0.25, 0.3) is 0 Å². The molecule has 1 atom stereocenters. The van der Waals surface area contributed by atoms with Crippen molar-refractivity contribution in [3.63, 3.8) is 0 Å². The number of carbonyl (C=O) groups excluding carboxylic acids is 1. The topological polar surface area (TPSA) is 29.1 Å². The zero-order valence-corrected chi connectivity index (χ0v) is 13.3. The fourth-order valence-corrected chi connectivity index (χ4v) is 2.46. The fourth-order valence-electron chi connectivity index (χ4n) is 2.09. The highest BCUT2D eigenvalue weighted by molar-refractivity contribution is 9.10. The van der Waals surface area contributed by atoms with E-state index in [0.717, 1.165) is 15.6 Å². The van der Waals surface area contributed by atoms with E-state index in [1.807, 2.05) is 43.3 Å². The highest BCUT2D eigenvalue weighted by atomic mass is 79.9. The Balaban J connectivity index is 2.01. The van der Waals surface area contributed by atoms with Gasteiger partial charge in [-0.1, -0.05) is 59.3 Å². The Hall–Kier alpha value is -1.61. The Labute approximate surface area is 128 Å². The first-order valence-corrected chi connectivity index (χ1v) is 7.47. The number of halogens is 1. The van der Waals surface area contributed by atoms with E-state index in [1.165, 1.54) is 5.56 Å². The predicted molar refractivity (Wildman–Crippen MR) is 86.1 cm³/mol. The van der Waals surface area contributed by atoms with Crippen LogP contribution >= 0.6 is 15.9 Å². The van der Waals surface area contributed by atoms with Gasteiger partial charge in [-0.25, -0.2) is 0 Å². The molecule has 2 aromatic rings. The minimum Gasteiger partial charge on any atom is -0.351 e. The van der Waals surface area contributed by atoms with Crippen molar-refractivity contribution in [3.8, 4) is 0 Å². The summed E-state index contributed by atoms with van der Waals surface area (Å²) < 4.78 is 0.959. The van der Waals surface area contributed by atoms with Crippen LogP contribution in [0.5, 0.6) is 0 Å². The van der Waals surface area contributed by atoms with Crippen LogP contribution in [0, 0.1) is 6.92 Å². The molecule has 0 aromatic heterocycles. The number of hydrogen-bond acceptors (Lipinski definition) is 1. The Morgan fingerprint density at radius 2 is 1.85 bits per heavy atom. The van der Waals surface area contributed by atoms with E-state index in [2.05, 4.69) is 40.3 Å². The molecule has 1 amide bonds. The maximum Gasteiger partial charge on any atom is 0.251 e. The molecule has 0 aliphatic rings. The normalized spacial score (nSPS) is 11.9. The van der Waals surface area contributed by atoms with Gasteiger partial charge in [0.25, 0.3) is 5.91 Å². The van der Waals surface area contributed by atoms with Gasteiger partial charge in [0, 0.05) is 16.6 Å². The van der Waals surface area contributed by atoms with Crippen molar-refractivity contribution in [1.82, 2.24) is 5.32 Å². The SMILES string of the molecule is Cc1c(Br)cccc1C(=O)NCC(C)c1ccccc1. The molecule has 0 bridgehead atoms. The summed E-state index contributed by atoms with van der Waals surface area (Å²) in [7, 11) is 0. The second-order valence-corrected chi connectivity index (χ2v) is 5.79. The van der Waals surface area contributed by atoms with Crippen molar-refractivity contribution in [1.29, 1.82) is 0 Å². The average molecular weight is 332 g/mol. The molecular formula is C17H18BrNO. The van der Waals surface area contributed by atoms with Crippen molar-refractivity contribution in [2.45, 2.75) is 19.8 Å². The first kappa shape index (κ1) is 14.8. The third-order valence-corrected chi connectivity index (χ3v) is 4.31. The maximum absolute atomic E-state index is 12.2. The molecule has 3 heteroatoms. The highest BCUT2D eigenvalue weighted by Gasteiger charge is 2.12. The molecule has 1 N–H and O–H groups in total. The second-order valence-electron chi connectivity index (χ2n) is 4.93. The number of hydrogen-bond donors (Lipinski definition) is 1. The Morgan fingerprint density at radius 3 is 2.55 bits per heavy atom. The number of carbonyl (C=O) groups is 1. The summed E-state index contributed by atoms with van der Waals surface area (Å²) in [5.74, 6) is 0.277. The molecule has 0 saturated carbocycles. The van der Waals surface area contributed by atoms with E-state index >= 15 is 0 Å². The average Bonchev–Trinajstić information content (AvgIpc) is 2.48. The molecule has 0 radical (unpaired) electrons. The summed E-state index contributed by atoms with van der Waals surface area (Å²) >= 11 is 3.45. The molecule has 0 fully saturated rings. The fraction of sp³-hybridized carbons (Fsp3) is 0.235. The molecule has 1 unspecified atom stereocenters. The molecule has 0 spiro atoms. The van der Waals surface area contributed by atoms with E-state index in [-0.39, 0.29) is 5.91 Å². The van der Waals surface area contributed by atoms with E-state index < -0.39 is 0 Å². The van der Waals surface area contributed by atoms with Gasteiger partial charge in [0.1, 0.15) is 0 Å². The van der Waals surface area contributed by atoms with Crippen molar-refractivity contribution < 1.29 is 4.79 Å². The van der Waals surface area contributed by atoms with Crippen LogP contribution < -0.4 is 5.32 Å². The monoisotopic (exact) mass is 331 g/mol. The molecule has 2 nitrogen and oxygen atoms in total. The lowest BCUT2D eigenvalue weighted by Gasteiger charge is -2.14. The minimum absolute atomic E-state index is 0.0217. The molecule has 0 aliphatic carbocycles. The van der Waals surface area contributed by atoms with Gasteiger partial charge in [-0.3, -0.25) is 4.79 Å². The van der Waals surface area contributed by atoms with E-state index in [0.29, 0.717) is 12.5 Å². The summed E-state index contributed by atoms with van der Waals surface area (Å²) in [6.45, 7) is 4.69. The first-order chi connectivity index (χ1) is 9.59. The van der Waals surface area contributed by atoms with E-state index in [4.69, 9.17) is 0 Å². The number of rotatable bonds is 4. The number of nitrogens with one attached hydrogen (secondary N) is 1. The summed E-state index contributed by atoms with van der Waals surface area (Å²) in [6.07, 6.45) is 0. The first-order valence-electron chi connectivity index (χ1n) is 6.68. The third-order valence-electron chi connectivity index (χ3n) is 3.45. The summed E-state index contributed by atoms with van der Waals surface area (Å²) in [6, 6.07) is 15.9. The molecular weight excluding hydrogens is 314 g/mol. The molecule has 2 rings (SSSR count). The predicted octanol–water partition coefficient (Wildman–Crippen LogP) is 4.29. The van der Waals surface area contributed by atoms with Crippen LogP contribution in [0.4, 0.5) is 0 Å². The standard InChI is InChI=1S/C17H18BrNO/c1-12(14-7-4-3-5-8-14)11-19-17(20)15-9-6-10-16(18)13(15)2/h3-10,12H,11H2,1-2H3,(H,19,20). The zero-order valence-electron chi connectivity index (χ0n) is 11.7. The van der Waals surface area contributed by atoms with Crippen molar-refractivity contribution >= 4 is 21.8 Å². The van der Waals surface area contributed by atoms with Gasteiger partial charge in [0.05, 0.1) is 0 Å². The van der Waals surface area contributed by atoms with Crippen LogP contribution in [0.2, 0.25) is 0 Å². The lowest BCUT2D eigenvalue weighted by Crippen LogP contribution is -2.28. The van der Waals surface area contributed by atoms with Gasteiger partial charge >= 0.3 is 0 Å². The van der Waals surface area contributed by atoms with Gasteiger partial charge < -0.3 is 5.32 Å². The maximum atomic E-state index is 12.2. The van der Waals surface area contributed by atoms with Crippen LogP contribution in [0.15, 0.2) is 53.0 Å². The molecule has 0 saturated heterocycles. The lowest BCUT2D eigenvalue weighted by atomic mass is 10.0. The quantitative estimate of drug-likeness (QED) is 0.889. The summed E-state index contributed by atoms with van der Waals surface area (Å²) in [5.41, 5.74) is 2.93. The summed E-state index contributed by atoms with van der Waals surface area (Å²) in [4.78, 5) is 12.2. The Kier molecular flexibility index (Phi) is 4.96. The number of benzene rings is 2. The smallest absolute Gasteiger partial charge is 0.251 e. The van der Waals surface area contributed by atoms with Crippen molar-refractivity contribution in [3.05, 3.63) is 69.7 Å². The van der Waals surface area contributed by atoms with Crippen LogP contribution in [0.1, 0.15) is 34.3 Å². The zero-order chi connectivity index (χ0) is 14.5. The van der Waals surface area contributed by atoms with Crippen LogP contribution in [-0.4, -0.2) is 12.5 Å². The molecule has 2 aromatic carbocycles. The van der Waals surface area contributed by atoms with E-state index in [1.54, 1.807) is 0 Å². The van der Waals surface area contributed by atoms with Crippen LogP contribution in [0.3, 0.4) is 0 Å². The molecule has 20 heavy (non-hydrogen) atoms. The number of amides is 1. The van der Waals surface area contributed by atoms with Gasteiger partial charge in [0.2, 0.25) is 0 Å². The molecule has 0 aliphatic heterocycles. The van der Waals surface area contributed by atoms with Crippen LogP contribution in [-0.2, 0) is 0 Å². The second kappa shape index (κ2) is 6.71. The van der Waals surface area contributed by atoms with Crippen molar-refractivity contribution in [2.75, 3.05) is 6.54 Å².